The molecule has 6 atom stereocenters. The Morgan fingerprint density at radius 1 is 1.18 bits per heavy atom. The van der Waals surface area contributed by atoms with E-state index < -0.39 is 50.4 Å². The van der Waals surface area contributed by atoms with Gasteiger partial charge in [0.15, 0.2) is 9.84 Å². The molecule has 0 aromatic heterocycles. The number of nitrogens with one attached hydrogen (secondary N) is 2. The second-order valence-corrected chi connectivity index (χ2v) is 13.6. The minimum atomic E-state index is -3.99. The summed E-state index contributed by atoms with van der Waals surface area (Å²) >= 11 is 6.33. The Balaban J connectivity index is 1.54. The maximum atomic E-state index is 13.8. The summed E-state index contributed by atoms with van der Waals surface area (Å²) in [4.78, 5) is 25.2. The first-order chi connectivity index (χ1) is 18.2. The molecule has 0 heterocycles. The Morgan fingerprint density at radius 2 is 1.90 bits per heavy atom. The van der Waals surface area contributed by atoms with Crippen LogP contribution in [0.4, 0.5) is 10.1 Å². The third-order valence-electron chi connectivity index (χ3n) is 8.15. The van der Waals surface area contributed by atoms with Crippen LogP contribution in [0.2, 0.25) is 5.02 Å². The van der Waals surface area contributed by atoms with Crippen LogP contribution in [0.25, 0.3) is 0 Å². The molecule has 212 valence electrons. The summed E-state index contributed by atoms with van der Waals surface area (Å²) in [7, 11) is -3.99. The first-order valence-corrected chi connectivity index (χ1v) is 14.9. The molecule has 4 rings (SSSR count). The van der Waals surface area contributed by atoms with Crippen LogP contribution in [0, 0.1) is 30.5 Å². The smallest absolute Gasteiger partial charge is 0.255 e. The number of sulfone groups is 1. The number of aliphatic hydroxyl groups excluding tert-OH is 1. The number of anilines is 1. The molecular weight excluding hydrogens is 547 g/mol. The number of fused-ring (bicyclic) bond motifs is 2. The minimum absolute atomic E-state index is 0.0107. The van der Waals surface area contributed by atoms with Gasteiger partial charge >= 0.3 is 0 Å². The third-order valence-corrected chi connectivity index (χ3v) is 10.8. The van der Waals surface area contributed by atoms with E-state index in [0.717, 1.165) is 0 Å². The predicted molar refractivity (Wildman–Crippen MR) is 146 cm³/mol. The number of hydrogen-bond acceptors (Lipinski definition) is 6. The number of amides is 2. The lowest BCUT2D eigenvalue weighted by Gasteiger charge is -2.42. The van der Waals surface area contributed by atoms with Gasteiger partial charge in [-0.3, -0.25) is 9.59 Å². The average Bonchev–Trinajstić information content (AvgIpc) is 2.97. The van der Waals surface area contributed by atoms with Crippen molar-refractivity contribution in [2.75, 3.05) is 11.9 Å². The van der Waals surface area contributed by atoms with Gasteiger partial charge in [-0.05, 0) is 92.8 Å². The number of carbonyl (C=O) groups is 2. The van der Waals surface area contributed by atoms with Crippen molar-refractivity contribution in [1.82, 2.24) is 5.32 Å². The highest BCUT2D eigenvalue weighted by Crippen LogP contribution is 2.56. The number of aryl methyl sites for hydroxylation is 1. The van der Waals surface area contributed by atoms with Gasteiger partial charge in [0, 0.05) is 17.8 Å². The fourth-order valence-corrected chi connectivity index (χ4v) is 8.50. The zero-order valence-corrected chi connectivity index (χ0v) is 23.7. The number of hydrogen-bond donors (Lipinski definition) is 4. The molecule has 39 heavy (non-hydrogen) atoms. The van der Waals surface area contributed by atoms with Gasteiger partial charge in [-0.25, -0.2) is 12.8 Å². The van der Waals surface area contributed by atoms with E-state index in [1.807, 2.05) is 6.92 Å². The summed E-state index contributed by atoms with van der Waals surface area (Å²) in [6.07, 6.45) is 0.0185. The molecule has 0 saturated heterocycles. The zero-order chi connectivity index (χ0) is 28.7. The Bertz CT molecular complexity index is 1380. The van der Waals surface area contributed by atoms with Gasteiger partial charge in [-0.1, -0.05) is 18.5 Å². The maximum Gasteiger partial charge on any atom is 0.255 e. The van der Waals surface area contributed by atoms with E-state index >= 15 is 0 Å². The van der Waals surface area contributed by atoms with Crippen LogP contribution < -0.4 is 10.6 Å². The zero-order valence-electron chi connectivity index (χ0n) is 22.1. The van der Waals surface area contributed by atoms with E-state index in [-0.39, 0.29) is 53.1 Å². The molecule has 11 heteroatoms. The Hall–Kier alpha value is -2.53. The molecule has 2 aliphatic carbocycles. The van der Waals surface area contributed by atoms with Crippen LogP contribution in [-0.4, -0.2) is 53.9 Å². The third kappa shape index (κ3) is 5.99. The van der Waals surface area contributed by atoms with Gasteiger partial charge in [0.05, 0.1) is 33.3 Å². The molecule has 8 nitrogen and oxygen atoms in total. The van der Waals surface area contributed by atoms with Crippen molar-refractivity contribution in [3.05, 3.63) is 58.4 Å². The van der Waals surface area contributed by atoms with Crippen LogP contribution in [0.5, 0.6) is 0 Å². The molecular formula is C28H34ClFN2O6S. The predicted octanol–water partition coefficient (Wildman–Crippen LogP) is 3.87. The largest absolute Gasteiger partial charge is 0.392 e. The number of rotatable bonds is 8. The number of halogens is 2. The Labute approximate surface area is 232 Å². The number of carbonyl (C=O) groups excluding carboxylic acids is 2. The van der Waals surface area contributed by atoms with Crippen molar-refractivity contribution in [2.45, 2.75) is 68.3 Å². The van der Waals surface area contributed by atoms with E-state index in [4.69, 9.17) is 11.6 Å². The van der Waals surface area contributed by atoms with Crippen LogP contribution >= 0.6 is 11.6 Å². The summed E-state index contributed by atoms with van der Waals surface area (Å²) in [6.45, 7) is 5.14. The summed E-state index contributed by atoms with van der Waals surface area (Å²) < 4.78 is 41.2. The fourth-order valence-electron chi connectivity index (χ4n) is 6.12. The molecule has 2 aromatic rings. The van der Waals surface area contributed by atoms with E-state index in [0.29, 0.717) is 17.7 Å². The van der Waals surface area contributed by atoms with Gasteiger partial charge in [-0.15, -0.1) is 0 Å². The van der Waals surface area contributed by atoms with Gasteiger partial charge in [0.2, 0.25) is 5.91 Å². The van der Waals surface area contributed by atoms with Crippen molar-refractivity contribution in [2.24, 2.45) is 17.8 Å². The molecule has 0 radical (unpaired) electrons. The summed E-state index contributed by atoms with van der Waals surface area (Å²) in [5.74, 6) is -2.17. The first-order valence-electron chi connectivity index (χ1n) is 13.0. The quantitative estimate of drug-likeness (QED) is 0.375. The topological polar surface area (TPSA) is 133 Å². The highest BCUT2D eigenvalue weighted by atomic mass is 35.5. The molecule has 2 saturated carbocycles. The molecule has 2 aromatic carbocycles. The Morgan fingerprint density at radius 3 is 2.54 bits per heavy atom. The highest BCUT2D eigenvalue weighted by molar-refractivity contribution is 7.92. The number of aliphatic hydroxyl groups is 2. The number of benzene rings is 2. The molecule has 0 spiro atoms. The van der Waals surface area contributed by atoms with Gasteiger partial charge in [-0.2, -0.15) is 0 Å². The van der Waals surface area contributed by atoms with Gasteiger partial charge < -0.3 is 20.8 Å². The molecule has 4 N–H and O–H groups in total. The molecule has 1 unspecified atom stereocenters. The van der Waals surface area contributed by atoms with Crippen molar-refractivity contribution in [3.8, 4) is 0 Å². The second-order valence-electron chi connectivity index (χ2n) is 11.0. The summed E-state index contributed by atoms with van der Waals surface area (Å²) in [5.41, 5.74) is -0.535. The van der Waals surface area contributed by atoms with E-state index in [9.17, 15) is 32.6 Å². The van der Waals surface area contributed by atoms with Crippen molar-refractivity contribution < 1.29 is 32.6 Å². The second kappa shape index (κ2) is 11.2. The first kappa shape index (κ1) is 29.5. The summed E-state index contributed by atoms with van der Waals surface area (Å²) in [5, 5.41) is 25.4. The van der Waals surface area contributed by atoms with E-state index in [1.165, 1.54) is 36.4 Å². The van der Waals surface area contributed by atoms with Gasteiger partial charge in [0.1, 0.15) is 5.82 Å². The lowest BCUT2D eigenvalue weighted by Crippen LogP contribution is -2.51. The standard InChI is InChI=1S/C28H34ClFN2O6S/c1-15-8-19-11-21(12-22(15)28(19,36)13-26(34)31-14-17(3)33)39(37,38)25-10-18(4-6-23(25)29)27(35)32-20-5-7-24(30)16(2)9-20/h4-7,9-10,15,17,19,21-22,33,36H,8,11-14H2,1-3H3,(H,31,34)(H,32,35)/t15-,17+,19?,21+,22+,28+/m0/s1. The monoisotopic (exact) mass is 580 g/mol. The van der Waals surface area contributed by atoms with E-state index in [2.05, 4.69) is 10.6 Å². The lowest BCUT2D eigenvalue weighted by molar-refractivity contribution is -0.133. The van der Waals surface area contributed by atoms with Gasteiger partial charge in [0.25, 0.3) is 5.91 Å². The Kier molecular flexibility index (Phi) is 8.42. The molecule has 0 aliphatic heterocycles. The molecule has 2 aliphatic rings. The minimum Gasteiger partial charge on any atom is -0.392 e. The molecule has 2 bridgehead atoms. The lowest BCUT2D eigenvalue weighted by atomic mass is 9.71. The van der Waals surface area contributed by atoms with Crippen molar-refractivity contribution >= 4 is 38.9 Å². The van der Waals surface area contributed by atoms with Crippen molar-refractivity contribution in [1.29, 1.82) is 0 Å². The van der Waals surface area contributed by atoms with Crippen molar-refractivity contribution in [3.63, 3.8) is 0 Å². The average molecular weight is 581 g/mol. The van der Waals surface area contributed by atoms with E-state index in [1.54, 1.807) is 13.8 Å². The highest BCUT2D eigenvalue weighted by Gasteiger charge is 2.59. The molecule has 2 fully saturated rings. The van der Waals surface area contributed by atoms with Crippen LogP contribution in [0.3, 0.4) is 0 Å². The molecule has 2 amide bonds. The van der Waals surface area contributed by atoms with Crippen LogP contribution in [0.15, 0.2) is 41.3 Å². The fraction of sp³-hybridized carbons (Fsp3) is 0.500. The maximum absolute atomic E-state index is 13.8. The normalized spacial score (nSPS) is 27.2. The van der Waals surface area contributed by atoms with Crippen LogP contribution in [-0.2, 0) is 14.6 Å². The van der Waals surface area contributed by atoms with Crippen LogP contribution in [0.1, 0.15) is 55.5 Å². The summed E-state index contributed by atoms with van der Waals surface area (Å²) in [6, 6.07) is 8.16. The SMILES string of the molecule is Cc1cc(NC(=O)c2ccc(Cl)c(S(=O)(=O)[C@@H]3CC4C[C@H](C)[C@@H](C3)[C@@]4(O)CC(=O)NC[C@@H](C)O)c2)ccc1F.